The van der Waals surface area contributed by atoms with Gasteiger partial charge in [-0.3, -0.25) is 0 Å². The molecule has 0 fully saturated rings. The van der Waals surface area contributed by atoms with Crippen LogP contribution in [0.25, 0.3) is 0 Å². The average molecular weight is 538 g/mol. The van der Waals surface area contributed by atoms with Crippen molar-refractivity contribution in [2.24, 2.45) is 14.1 Å². The summed E-state index contributed by atoms with van der Waals surface area (Å²) in [6.45, 7) is 0.651. The second kappa shape index (κ2) is 10.1. The summed E-state index contributed by atoms with van der Waals surface area (Å²) >= 11 is 0. The fourth-order valence-corrected chi connectivity index (χ4v) is 4.32. The molecular formula is C16H19ClF3N3O8S2. The summed E-state index contributed by atoms with van der Waals surface area (Å²) in [4.78, 5) is 21.2. The van der Waals surface area contributed by atoms with E-state index in [1.165, 1.54) is 36.7 Å². The lowest BCUT2D eigenvalue weighted by atomic mass is 10.4. The quantitative estimate of drug-likeness (QED) is 0.417. The molecule has 1 atom stereocenters. The molecule has 2 aromatic heterocycles. The van der Waals surface area contributed by atoms with Crippen molar-refractivity contribution in [1.82, 2.24) is 13.9 Å². The van der Waals surface area contributed by atoms with E-state index in [4.69, 9.17) is 15.8 Å². The van der Waals surface area contributed by atoms with Gasteiger partial charge in [0.1, 0.15) is 27.2 Å². The Kier molecular flexibility index (Phi) is 8.76. The van der Waals surface area contributed by atoms with Crippen LogP contribution in [0.3, 0.4) is 0 Å². The second-order valence-corrected chi connectivity index (χ2v) is 10.7. The number of aromatic carboxylic acids is 1. The van der Waals surface area contributed by atoms with Crippen LogP contribution in [0.15, 0.2) is 34.3 Å². The zero-order valence-electron chi connectivity index (χ0n) is 17.4. The predicted molar refractivity (Wildman–Crippen MR) is 108 cm³/mol. The summed E-state index contributed by atoms with van der Waals surface area (Å²) in [5, 5.41) is 8.74. The third-order valence-electron chi connectivity index (χ3n) is 3.99. The first kappa shape index (κ1) is 28.5. The van der Waals surface area contributed by atoms with Gasteiger partial charge in [0.05, 0.1) is 7.11 Å². The van der Waals surface area contributed by atoms with E-state index in [-0.39, 0.29) is 16.3 Å². The maximum absolute atomic E-state index is 12.3. The van der Waals surface area contributed by atoms with Crippen molar-refractivity contribution < 1.29 is 49.4 Å². The van der Waals surface area contributed by atoms with E-state index in [0.717, 1.165) is 22.9 Å². The topological polar surface area (TPSA) is 154 Å². The highest BCUT2D eigenvalue weighted by molar-refractivity contribution is 8.13. The van der Waals surface area contributed by atoms with Crippen molar-refractivity contribution in [3.05, 3.63) is 35.9 Å². The molecule has 0 saturated carbocycles. The number of esters is 1. The summed E-state index contributed by atoms with van der Waals surface area (Å²) in [5.74, 6) is -1.99. The van der Waals surface area contributed by atoms with Gasteiger partial charge in [-0.1, -0.05) is 0 Å². The number of nitrogens with one attached hydrogen (secondary N) is 1. The molecule has 33 heavy (non-hydrogen) atoms. The van der Waals surface area contributed by atoms with Crippen LogP contribution in [-0.2, 0) is 37.9 Å². The molecule has 11 nitrogen and oxygen atoms in total. The number of hydrogen-bond donors (Lipinski definition) is 2. The molecule has 0 amide bonds. The van der Waals surface area contributed by atoms with Crippen molar-refractivity contribution in [3.8, 4) is 0 Å². The third-order valence-corrected chi connectivity index (χ3v) is 6.82. The molecule has 2 rings (SSSR count). The molecule has 0 unspecified atom stereocenters. The van der Waals surface area contributed by atoms with E-state index in [2.05, 4.69) is 4.74 Å². The van der Waals surface area contributed by atoms with Crippen molar-refractivity contribution in [2.75, 3.05) is 7.11 Å². The standard InChI is InChI=1S/C9H11F3N2O4S.C7H8ClNO4S/c1-5(9(10,11)12)13-19(17,18)6-3-7(8(15)16)14(2)4-6;1-9-4-5(14(8,11)12)3-6(9)7(10)13-2/h3-5,13H,1-2H3,(H,15,16);3-4H,1-2H3/t5-;/m0./s1. The molecule has 0 aromatic carbocycles. The van der Waals surface area contributed by atoms with Gasteiger partial charge in [0, 0.05) is 37.2 Å². The molecule has 0 aliphatic heterocycles. The minimum atomic E-state index is -4.72. The molecule has 0 saturated heterocycles. The van der Waals surface area contributed by atoms with Crippen LogP contribution in [0, 0.1) is 0 Å². The number of carbonyl (C=O) groups excluding carboxylic acids is 1. The highest BCUT2D eigenvalue weighted by Gasteiger charge is 2.39. The van der Waals surface area contributed by atoms with Crippen molar-refractivity contribution in [2.45, 2.75) is 28.9 Å². The molecule has 0 aliphatic carbocycles. The summed E-state index contributed by atoms with van der Waals surface area (Å²) in [6.07, 6.45) is -2.55. The molecule has 0 spiro atoms. The Morgan fingerprint density at radius 3 is 1.88 bits per heavy atom. The number of methoxy groups -OCH3 is 1. The van der Waals surface area contributed by atoms with Crippen LogP contribution < -0.4 is 4.72 Å². The highest BCUT2D eigenvalue weighted by atomic mass is 35.7. The minimum absolute atomic E-state index is 0.123. The number of ether oxygens (including phenoxy) is 1. The van der Waals surface area contributed by atoms with E-state index in [0.29, 0.717) is 6.92 Å². The number of carboxylic acids is 1. The van der Waals surface area contributed by atoms with Gasteiger partial charge in [0.15, 0.2) is 0 Å². The number of carboxylic acid groups (broad SMARTS) is 1. The number of nitrogens with zero attached hydrogens (tertiary/aromatic N) is 2. The lowest BCUT2D eigenvalue weighted by molar-refractivity contribution is -0.147. The van der Waals surface area contributed by atoms with Gasteiger partial charge in [-0.15, -0.1) is 0 Å². The first-order valence-electron chi connectivity index (χ1n) is 8.49. The van der Waals surface area contributed by atoms with Gasteiger partial charge in [0.2, 0.25) is 10.0 Å². The number of sulfonamides is 1. The lowest BCUT2D eigenvalue weighted by Crippen LogP contribution is -2.42. The van der Waals surface area contributed by atoms with Crippen molar-refractivity contribution >= 4 is 41.7 Å². The van der Waals surface area contributed by atoms with Gasteiger partial charge in [0.25, 0.3) is 9.05 Å². The Morgan fingerprint density at radius 2 is 1.52 bits per heavy atom. The molecule has 0 bridgehead atoms. The Hall–Kier alpha value is -2.56. The largest absolute Gasteiger partial charge is 0.477 e. The maximum atomic E-state index is 12.3. The Bertz CT molecular complexity index is 1250. The molecule has 0 aliphatic rings. The number of carbonyl (C=O) groups is 2. The van der Waals surface area contributed by atoms with Crippen LogP contribution in [0.4, 0.5) is 13.2 Å². The molecular weight excluding hydrogens is 519 g/mol. The zero-order chi connectivity index (χ0) is 25.9. The summed E-state index contributed by atoms with van der Waals surface area (Å²) < 4.78 is 90.2. The number of halogens is 4. The minimum Gasteiger partial charge on any atom is -0.477 e. The van der Waals surface area contributed by atoms with Crippen LogP contribution in [0.1, 0.15) is 27.9 Å². The van der Waals surface area contributed by atoms with E-state index >= 15 is 0 Å². The van der Waals surface area contributed by atoms with Crippen LogP contribution in [0.2, 0.25) is 0 Å². The first-order chi connectivity index (χ1) is 14.8. The highest BCUT2D eigenvalue weighted by Crippen LogP contribution is 2.22. The fraction of sp³-hybridized carbons (Fsp3) is 0.375. The van der Waals surface area contributed by atoms with Gasteiger partial charge in [-0.25, -0.2) is 26.4 Å². The summed E-state index contributed by atoms with van der Waals surface area (Å²) in [7, 11) is 0.875. The van der Waals surface area contributed by atoms with Crippen LogP contribution in [0.5, 0.6) is 0 Å². The van der Waals surface area contributed by atoms with Gasteiger partial charge in [-0.2, -0.15) is 17.9 Å². The van der Waals surface area contributed by atoms with Gasteiger partial charge < -0.3 is 19.0 Å². The molecule has 186 valence electrons. The fourth-order valence-electron chi connectivity index (χ4n) is 2.24. The van der Waals surface area contributed by atoms with Crippen LogP contribution in [-0.4, -0.2) is 62.3 Å². The number of aromatic nitrogens is 2. The Balaban J connectivity index is 0.000000346. The predicted octanol–water partition coefficient (Wildman–Crippen LogP) is 1.69. The molecule has 0 radical (unpaired) electrons. The van der Waals surface area contributed by atoms with E-state index in [1.807, 2.05) is 0 Å². The SMILES string of the molecule is COC(=O)c1cc(S(=O)(=O)Cl)cn1C.C[C@H](NS(=O)(=O)c1cc(C(=O)O)n(C)c1)C(F)(F)F. The van der Waals surface area contributed by atoms with Gasteiger partial charge >= 0.3 is 18.1 Å². The summed E-state index contributed by atoms with van der Waals surface area (Å²) in [5.41, 5.74) is -0.216. The Morgan fingerprint density at radius 1 is 1.06 bits per heavy atom. The molecule has 2 aromatic rings. The van der Waals surface area contributed by atoms with Crippen molar-refractivity contribution in [1.29, 1.82) is 0 Å². The van der Waals surface area contributed by atoms with E-state index in [9.17, 15) is 39.6 Å². The lowest BCUT2D eigenvalue weighted by Gasteiger charge is -2.16. The van der Waals surface area contributed by atoms with E-state index < -0.39 is 48.1 Å². The maximum Gasteiger partial charge on any atom is 0.404 e. The second-order valence-electron chi connectivity index (χ2n) is 6.46. The number of alkyl halides is 3. The normalized spacial score (nSPS) is 13.1. The monoisotopic (exact) mass is 537 g/mol. The number of aryl methyl sites for hydroxylation is 2. The molecule has 2 heterocycles. The summed E-state index contributed by atoms with van der Waals surface area (Å²) in [6, 6.07) is -0.326. The molecule has 2 N–H and O–H groups in total. The first-order valence-corrected chi connectivity index (χ1v) is 12.3. The van der Waals surface area contributed by atoms with Crippen LogP contribution >= 0.6 is 10.7 Å². The third kappa shape index (κ3) is 7.48. The zero-order valence-corrected chi connectivity index (χ0v) is 19.8. The number of hydrogen-bond acceptors (Lipinski definition) is 7. The number of rotatable bonds is 6. The molecule has 17 heteroatoms. The smallest absolute Gasteiger partial charge is 0.404 e. The van der Waals surface area contributed by atoms with E-state index in [1.54, 1.807) is 0 Å². The van der Waals surface area contributed by atoms with Crippen molar-refractivity contribution in [3.63, 3.8) is 0 Å². The Labute approximate surface area is 191 Å². The van der Waals surface area contributed by atoms with Gasteiger partial charge in [-0.05, 0) is 19.1 Å². The average Bonchev–Trinajstić information content (AvgIpc) is 3.24.